The molecule has 1 heterocycles. The molecule has 2 amide bonds. The summed E-state index contributed by atoms with van der Waals surface area (Å²) in [6.45, 7) is 3.55. The number of ether oxygens (including phenoxy) is 1. The highest BCUT2D eigenvalue weighted by Gasteiger charge is 2.30. The number of carbonyl (C=O) groups is 2. The summed E-state index contributed by atoms with van der Waals surface area (Å²) in [4.78, 5) is 28.1. The maximum absolute atomic E-state index is 13.3. The fraction of sp³-hybridized carbons (Fsp3) is 0.440. The Hall–Kier alpha value is -2.37. The van der Waals surface area contributed by atoms with Crippen LogP contribution in [0, 0.1) is 0 Å². The van der Waals surface area contributed by atoms with Crippen LogP contribution in [0.25, 0.3) is 0 Å². The van der Waals surface area contributed by atoms with E-state index < -0.39 is 6.04 Å². The smallest absolute Gasteiger partial charge is 0.243 e. The van der Waals surface area contributed by atoms with Crippen molar-refractivity contribution in [3.63, 3.8) is 0 Å². The number of halogens is 1. The first kappa shape index (κ1) is 23.3. The first-order chi connectivity index (χ1) is 15.1. The quantitative estimate of drug-likeness (QED) is 0.594. The van der Waals surface area contributed by atoms with Crippen molar-refractivity contribution in [1.29, 1.82) is 0 Å². The van der Waals surface area contributed by atoms with E-state index in [9.17, 15) is 9.59 Å². The molecule has 1 aliphatic heterocycles. The summed E-state index contributed by atoms with van der Waals surface area (Å²) in [5.74, 6) is -0.164. The summed E-state index contributed by atoms with van der Waals surface area (Å²) in [7, 11) is 0. The van der Waals surface area contributed by atoms with E-state index in [4.69, 9.17) is 16.3 Å². The first-order valence-electron chi connectivity index (χ1n) is 11.0. The topological polar surface area (TPSA) is 58.6 Å². The zero-order valence-electron chi connectivity index (χ0n) is 18.1. The highest BCUT2D eigenvalue weighted by Crippen LogP contribution is 2.18. The van der Waals surface area contributed by atoms with Crippen molar-refractivity contribution < 1.29 is 14.3 Å². The lowest BCUT2D eigenvalue weighted by Crippen LogP contribution is -2.51. The van der Waals surface area contributed by atoms with E-state index in [2.05, 4.69) is 5.32 Å². The van der Waals surface area contributed by atoms with Crippen LogP contribution in [0.15, 0.2) is 54.6 Å². The molecule has 0 bridgehead atoms. The van der Waals surface area contributed by atoms with Crippen LogP contribution < -0.4 is 5.32 Å². The highest BCUT2D eigenvalue weighted by atomic mass is 35.5. The zero-order valence-corrected chi connectivity index (χ0v) is 18.8. The Morgan fingerprint density at radius 1 is 1.13 bits per heavy atom. The number of nitrogens with zero attached hydrogens (tertiary/aromatic N) is 1. The first-order valence-corrected chi connectivity index (χ1v) is 11.4. The van der Waals surface area contributed by atoms with Gasteiger partial charge in [0.1, 0.15) is 6.04 Å². The summed E-state index contributed by atoms with van der Waals surface area (Å²) in [6, 6.07) is 16.7. The molecule has 1 N–H and O–H groups in total. The van der Waals surface area contributed by atoms with E-state index in [1.165, 1.54) is 0 Å². The number of amides is 2. The second-order valence-electron chi connectivity index (χ2n) is 7.98. The average Bonchev–Trinajstić information content (AvgIpc) is 3.30. The van der Waals surface area contributed by atoms with Crippen molar-refractivity contribution in [3.05, 3.63) is 70.7 Å². The molecule has 0 unspecified atom stereocenters. The molecule has 0 aromatic heterocycles. The zero-order chi connectivity index (χ0) is 22.1. The molecule has 0 saturated carbocycles. The monoisotopic (exact) mass is 442 g/mol. The van der Waals surface area contributed by atoms with Gasteiger partial charge in [0.05, 0.1) is 6.10 Å². The van der Waals surface area contributed by atoms with Crippen molar-refractivity contribution >= 4 is 23.4 Å². The van der Waals surface area contributed by atoms with Gasteiger partial charge in [-0.25, -0.2) is 0 Å². The van der Waals surface area contributed by atoms with Crippen LogP contribution in [0.4, 0.5) is 0 Å². The molecule has 3 rings (SSSR count). The maximum Gasteiger partial charge on any atom is 0.243 e. The van der Waals surface area contributed by atoms with E-state index >= 15 is 0 Å². The molecular weight excluding hydrogens is 412 g/mol. The van der Waals surface area contributed by atoms with Crippen LogP contribution in [0.2, 0.25) is 5.02 Å². The van der Waals surface area contributed by atoms with E-state index in [0.717, 1.165) is 37.0 Å². The Balaban J connectivity index is 1.83. The van der Waals surface area contributed by atoms with Crippen LogP contribution >= 0.6 is 11.6 Å². The van der Waals surface area contributed by atoms with Gasteiger partial charge in [-0.3, -0.25) is 9.59 Å². The lowest BCUT2D eigenvalue weighted by atomic mass is 10.0. The minimum atomic E-state index is -0.599. The molecule has 1 saturated heterocycles. The van der Waals surface area contributed by atoms with Gasteiger partial charge in [0, 0.05) is 37.6 Å². The molecule has 31 heavy (non-hydrogen) atoms. The van der Waals surface area contributed by atoms with E-state index in [1.807, 2.05) is 61.5 Å². The number of benzene rings is 2. The van der Waals surface area contributed by atoms with Gasteiger partial charge >= 0.3 is 0 Å². The van der Waals surface area contributed by atoms with Crippen LogP contribution in [-0.4, -0.2) is 42.0 Å². The fourth-order valence-corrected chi connectivity index (χ4v) is 3.96. The second kappa shape index (κ2) is 11.9. The Bertz CT molecular complexity index is 836. The third-order valence-electron chi connectivity index (χ3n) is 5.53. The summed E-state index contributed by atoms with van der Waals surface area (Å²) in [5, 5.41) is 3.68. The van der Waals surface area contributed by atoms with Gasteiger partial charge in [0.2, 0.25) is 11.8 Å². The normalized spacial score (nSPS) is 16.6. The Morgan fingerprint density at radius 3 is 2.52 bits per heavy atom. The molecule has 0 spiro atoms. The molecule has 2 aromatic rings. The van der Waals surface area contributed by atoms with Crippen LogP contribution in [-0.2, 0) is 27.3 Å². The SMILES string of the molecule is CCCC(=O)N(Cc1ccc(Cl)cc1)[C@H](Cc1ccccc1)C(=O)NC[C@H]1CCCO1. The molecule has 1 aliphatic rings. The molecule has 1 fully saturated rings. The Kier molecular flexibility index (Phi) is 8.92. The summed E-state index contributed by atoms with van der Waals surface area (Å²) in [6.07, 6.45) is 3.61. The lowest BCUT2D eigenvalue weighted by molar-refractivity contribution is -0.141. The van der Waals surface area contributed by atoms with Crippen molar-refractivity contribution in [2.75, 3.05) is 13.2 Å². The molecule has 0 radical (unpaired) electrons. The number of hydrogen-bond donors (Lipinski definition) is 1. The third-order valence-corrected chi connectivity index (χ3v) is 5.78. The molecule has 2 atom stereocenters. The van der Waals surface area contributed by atoms with Gasteiger partial charge < -0.3 is 15.0 Å². The summed E-state index contributed by atoms with van der Waals surface area (Å²) in [5.41, 5.74) is 1.96. The van der Waals surface area contributed by atoms with Gasteiger partial charge in [-0.2, -0.15) is 0 Å². The predicted molar refractivity (Wildman–Crippen MR) is 123 cm³/mol. The molecule has 0 aliphatic carbocycles. The van der Waals surface area contributed by atoms with Crippen molar-refractivity contribution in [3.8, 4) is 0 Å². The van der Waals surface area contributed by atoms with Gasteiger partial charge in [0.15, 0.2) is 0 Å². The molecule has 6 heteroatoms. The molecular formula is C25H31ClN2O3. The summed E-state index contributed by atoms with van der Waals surface area (Å²) < 4.78 is 5.65. The van der Waals surface area contributed by atoms with Gasteiger partial charge in [-0.05, 0) is 42.5 Å². The van der Waals surface area contributed by atoms with Crippen LogP contribution in [0.5, 0.6) is 0 Å². The maximum atomic E-state index is 13.3. The van der Waals surface area contributed by atoms with Gasteiger partial charge in [-0.1, -0.05) is 61.0 Å². The predicted octanol–water partition coefficient (Wildman–Crippen LogP) is 4.38. The van der Waals surface area contributed by atoms with E-state index in [-0.39, 0.29) is 17.9 Å². The van der Waals surface area contributed by atoms with Crippen molar-refractivity contribution in [2.45, 2.75) is 57.7 Å². The van der Waals surface area contributed by atoms with Gasteiger partial charge in [-0.15, -0.1) is 0 Å². The third kappa shape index (κ3) is 7.08. The highest BCUT2D eigenvalue weighted by molar-refractivity contribution is 6.30. The van der Waals surface area contributed by atoms with Gasteiger partial charge in [0.25, 0.3) is 0 Å². The largest absolute Gasteiger partial charge is 0.376 e. The summed E-state index contributed by atoms with van der Waals surface area (Å²) >= 11 is 6.03. The second-order valence-corrected chi connectivity index (χ2v) is 8.42. The Labute approximate surface area is 189 Å². The standard InChI is InChI=1S/C25H31ClN2O3/c1-2-7-24(29)28(18-20-11-13-21(26)14-12-20)23(16-19-8-4-3-5-9-19)25(30)27-17-22-10-6-15-31-22/h3-5,8-9,11-14,22-23H,2,6-7,10,15-18H2,1H3,(H,27,30)/t22-,23-/m1/s1. The van der Waals surface area contributed by atoms with E-state index in [0.29, 0.717) is 31.0 Å². The van der Waals surface area contributed by atoms with Crippen LogP contribution in [0.1, 0.15) is 43.7 Å². The number of nitrogens with one attached hydrogen (secondary N) is 1. The van der Waals surface area contributed by atoms with Crippen LogP contribution in [0.3, 0.4) is 0 Å². The van der Waals surface area contributed by atoms with Crippen molar-refractivity contribution in [1.82, 2.24) is 10.2 Å². The number of hydrogen-bond acceptors (Lipinski definition) is 3. The van der Waals surface area contributed by atoms with E-state index in [1.54, 1.807) is 4.90 Å². The molecule has 166 valence electrons. The fourth-order valence-electron chi connectivity index (χ4n) is 3.84. The Morgan fingerprint density at radius 2 is 1.87 bits per heavy atom. The minimum Gasteiger partial charge on any atom is -0.376 e. The van der Waals surface area contributed by atoms with Crippen molar-refractivity contribution in [2.24, 2.45) is 0 Å². The lowest BCUT2D eigenvalue weighted by Gasteiger charge is -2.32. The number of carbonyl (C=O) groups excluding carboxylic acids is 2. The minimum absolute atomic E-state index is 0.0225. The molecule has 5 nitrogen and oxygen atoms in total. The average molecular weight is 443 g/mol. The molecule has 2 aromatic carbocycles. The number of rotatable bonds is 10.